The molecule has 0 N–H and O–H groups in total. The molecule has 0 saturated heterocycles. The van der Waals surface area contributed by atoms with E-state index < -0.39 is 4.92 Å². The monoisotopic (exact) mass is 345 g/mol. The first-order valence-corrected chi connectivity index (χ1v) is 8.89. The van der Waals surface area contributed by atoms with Crippen molar-refractivity contribution < 1.29 is 19.2 Å². The van der Waals surface area contributed by atoms with Crippen LogP contribution in [0.5, 0.6) is 0 Å². The van der Waals surface area contributed by atoms with E-state index in [0.29, 0.717) is 19.4 Å². The Bertz CT molecular complexity index is 680. The minimum absolute atomic E-state index is 0.0516. The molecule has 0 spiro atoms. The molecule has 134 valence electrons. The molecule has 0 amide bonds. The van der Waals surface area contributed by atoms with Gasteiger partial charge in [-0.2, -0.15) is 0 Å². The van der Waals surface area contributed by atoms with Gasteiger partial charge in [-0.1, -0.05) is 25.5 Å². The van der Waals surface area contributed by atoms with E-state index in [1.165, 1.54) is 12.1 Å². The molecule has 6 nitrogen and oxygen atoms in total. The molecule has 0 fully saturated rings. The zero-order valence-electron chi connectivity index (χ0n) is 14.4. The van der Waals surface area contributed by atoms with E-state index in [9.17, 15) is 14.9 Å². The van der Waals surface area contributed by atoms with Crippen molar-refractivity contribution in [3.63, 3.8) is 0 Å². The summed E-state index contributed by atoms with van der Waals surface area (Å²) < 4.78 is 11.8. The Balaban J connectivity index is 1.87. The first-order chi connectivity index (χ1) is 12.1. The van der Waals surface area contributed by atoms with Gasteiger partial charge < -0.3 is 9.47 Å². The summed E-state index contributed by atoms with van der Waals surface area (Å²) in [6.45, 7) is 2.73. The molecule has 6 heteroatoms. The molecule has 0 aromatic heterocycles. The number of nitro benzene ring substituents is 1. The Morgan fingerprint density at radius 3 is 2.72 bits per heavy atom. The summed E-state index contributed by atoms with van der Waals surface area (Å²) >= 11 is 0. The first-order valence-electron chi connectivity index (χ1n) is 8.89. The van der Waals surface area contributed by atoms with Gasteiger partial charge in [0.25, 0.3) is 5.69 Å². The van der Waals surface area contributed by atoms with E-state index in [1.54, 1.807) is 12.1 Å². The lowest BCUT2D eigenvalue weighted by Gasteiger charge is -2.35. The number of unbranched alkanes of at least 4 members (excludes halogenated alkanes) is 1. The van der Waals surface area contributed by atoms with Gasteiger partial charge in [0, 0.05) is 42.9 Å². The Morgan fingerprint density at radius 1 is 1.28 bits per heavy atom. The Labute approximate surface area is 147 Å². The van der Waals surface area contributed by atoms with Crippen LogP contribution in [0.15, 0.2) is 35.6 Å². The van der Waals surface area contributed by atoms with Crippen LogP contribution in [0, 0.1) is 10.1 Å². The van der Waals surface area contributed by atoms with Gasteiger partial charge in [0.1, 0.15) is 5.76 Å². The minimum atomic E-state index is -0.416. The Kier molecular flexibility index (Phi) is 5.48. The molecular weight excluding hydrogens is 322 g/mol. The molecule has 2 atom stereocenters. The van der Waals surface area contributed by atoms with Crippen LogP contribution in [-0.4, -0.2) is 23.6 Å². The maximum absolute atomic E-state index is 12.5. The van der Waals surface area contributed by atoms with E-state index in [4.69, 9.17) is 9.47 Å². The van der Waals surface area contributed by atoms with E-state index in [-0.39, 0.29) is 23.7 Å². The molecule has 1 aliphatic carbocycles. The number of carbonyl (C=O) groups excluding carboxylic acids is 1. The summed E-state index contributed by atoms with van der Waals surface area (Å²) in [7, 11) is 0. The summed E-state index contributed by atoms with van der Waals surface area (Å²) in [6.07, 6.45) is 4.29. The molecule has 3 rings (SSSR count). The van der Waals surface area contributed by atoms with E-state index >= 15 is 0 Å². The van der Waals surface area contributed by atoms with Gasteiger partial charge in [-0.05, 0) is 18.4 Å². The zero-order chi connectivity index (χ0) is 17.8. The lowest BCUT2D eigenvalue weighted by molar-refractivity contribution is -0.384. The molecule has 0 bridgehead atoms. The van der Waals surface area contributed by atoms with Crippen LogP contribution in [0.25, 0.3) is 0 Å². The standard InChI is InChI=1S/C19H23NO5/c1-2-3-11-24-18-12-15(13-7-9-14(10-8-13)20(22)23)19-16(21)5-4-6-17(19)25-18/h7-10,15,18H,2-6,11-12H2,1H3. The fraction of sp³-hybridized carbons (Fsp3) is 0.526. The maximum atomic E-state index is 12.5. The van der Waals surface area contributed by atoms with Crippen molar-refractivity contribution in [2.45, 2.75) is 57.7 Å². The van der Waals surface area contributed by atoms with Crippen molar-refractivity contribution >= 4 is 11.5 Å². The van der Waals surface area contributed by atoms with Crippen LogP contribution < -0.4 is 0 Å². The molecule has 2 aliphatic rings. The smallest absolute Gasteiger partial charge is 0.269 e. The molecule has 1 heterocycles. The zero-order valence-corrected chi connectivity index (χ0v) is 14.4. The Hall–Kier alpha value is -2.21. The Morgan fingerprint density at radius 2 is 2.04 bits per heavy atom. The summed E-state index contributed by atoms with van der Waals surface area (Å²) in [6, 6.07) is 6.46. The topological polar surface area (TPSA) is 78.7 Å². The highest BCUT2D eigenvalue weighted by atomic mass is 16.7. The summed E-state index contributed by atoms with van der Waals surface area (Å²) in [5.74, 6) is 0.743. The molecule has 0 saturated carbocycles. The second kappa shape index (κ2) is 7.78. The number of ether oxygens (including phenoxy) is 2. The normalized spacial score (nSPS) is 23.2. The molecule has 2 unspecified atom stereocenters. The van der Waals surface area contributed by atoms with Gasteiger partial charge in [-0.3, -0.25) is 14.9 Å². The van der Waals surface area contributed by atoms with Gasteiger partial charge in [0.2, 0.25) is 0 Å². The first kappa shape index (κ1) is 17.6. The third-order valence-corrected chi connectivity index (χ3v) is 4.77. The van der Waals surface area contributed by atoms with Crippen molar-refractivity contribution in [2.24, 2.45) is 0 Å². The second-order valence-corrected chi connectivity index (χ2v) is 6.52. The third kappa shape index (κ3) is 3.90. The van der Waals surface area contributed by atoms with Crippen LogP contribution in [-0.2, 0) is 14.3 Å². The predicted octanol–water partition coefficient (Wildman–Crippen LogP) is 4.25. The van der Waals surface area contributed by atoms with Crippen molar-refractivity contribution in [2.75, 3.05) is 6.61 Å². The number of nitrogens with zero attached hydrogens (tertiary/aromatic N) is 1. The quantitative estimate of drug-likeness (QED) is 0.437. The fourth-order valence-electron chi connectivity index (χ4n) is 3.45. The van der Waals surface area contributed by atoms with E-state index in [2.05, 4.69) is 6.92 Å². The summed E-state index contributed by atoms with van der Waals surface area (Å²) in [5, 5.41) is 10.9. The number of nitro groups is 1. The van der Waals surface area contributed by atoms with Crippen LogP contribution in [0.4, 0.5) is 5.69 Å². The van der Waals surface area contributed by atoms with Gasteiger partial charge in [0.05, 0.1) is 11.5 Å². The highest BCUT2D eigenvalue weighted by Gasteiger charge is 2.37. The highest BCUT2D eigenvalue weighted by molar-refractivity contribution is 5.98. The average Bonchev–Trinajstić information content (AvgIpc) is 2.61. The molecular formula is C19H23NO5. The summed E-state index contributed by atoms with van der Waals surface area (Å²) in [4.78, 5) is 22.9. The van der Waals surface area contributed by atoms with Gasteiger partial charge in [0.15, 0.2) is 12.1 Å². The number of hydrogen-bond acceptors (Lipinski definition) is 5. The number of hydrogen-bond donors (Lipinski definition) is 0. The van der Waals surface area contributed by atoms with Crippen molar-refractivity contribution in [1.82, 2.24) is 0 Å². The minimum Gasteiger partial charge on any atom is -0.469 e. The van der Waals surface area contributed by atoms with Crippen LogP contribution in [0.1, 0.15) is 56.9 Å². The third-order valence-electron chi connectivity index (χ3n) is 4.77. The highest BCUT2D eigenvalue weighted by Crippen LogP contribution is 2.42. The van der Waals surface area contributed by atoms with E-state index in [0.717, 1.165) is 42.6 Å². The number of Topliss-reactive ketones (excluding diaryl/α,β-unsaturated/α-hetero) is 1. The maximum Gasteiger partial charge on any atom is 0.269 e. The lowest BCUT2D eigenvalue weighted by Crippen LogP contribution is -2.32. The summed E-state index contributed by atoms with van der Waals surface area (Å²) in [5.41, 5.74) is 1.69. The van der Waals surface area contributed by atoms with Crippen molar-refractivity contribution in [1.29, 1.82) is 0 Å². The number of carbonyl (C=O) groups is 1. The number of benzene rings is 1. The largest absolute Gasteiger partial charge is 0.469 e. The second-order valence-electron chi connectivity index (χ2n) is 6.52. The number of allylic oxidation sites excluding steroid dienone is 2. The van der Waals surface area contributed by atoms with Gasteiger partial charge in [-0.25, -0.2) is 0 Å². The van der Waals surface area contributed by atoms with Crippen LogP contribution in [0.2, 0.25) is 0 Å². The molecule has 0 radical (unpaired) electrons. The molecule has 1 aromatic carbocycles. The van der Waals surface area contributed by atoms with Crippen LogP contribution in [0.3, 0.4) is 0 Å². The molecule has 25 heavy (non-hydrogen) atoms. The van der Waals surface area contributed by atoms with Gasteiger partial charge in [-0.15, -0.1) is 0 Å². The molecule has 1 aromatic rings. The average molecular weight is 345 g/mol. The van der Waals surface area contributed by atoms with E-state index in [1.807, 2.05) is 0 Å². The SMILES string of the molecule is CCCCOC1CC(c2ccc([N+](=O)[O-])cc2)C2=C(CCCC2=O)O1. The van der Waals surface area contributed by atoms with Crippen LogP contribution >= 0.6 is 0 Å². The molecule has 1 aliphatic heterocycles. The fourth-order valence-corrected chi connectivity index (χ4v) is 3.45. The number of non-ortho nitro benzene ring substituents is 1. The number of rotatable bonds is 6. The predicted molar refractivity (Wildman–Crippen MR) is 92.1 cm³/mol. The lowest BCUT2D eigenvalue weighted by atomic mass is 9.79. The number of ketones is 1. The van der Waals surface area contributed by atoms with Gasteiger partial charge >= 0.3 is 0 Å². The van der Waals surface area contributed by atoms with Crippen molar-refractivity contribution in [3.05, 3.63) is 51.3 Å². The van der Waals surface area contributed by atoms with Crippen molar-refractivity contribution in [3.8, 4) is 0 Å².